The van der Waals surface area contributed by atoms with Gasteiger partial charge in [0.05, 0.1) is 0 Å². The van der Waals surface area contributed by atoms with E-state index in [1.165, 1.54) is 9.56 Å². The molecule has 3 heteroatoms. The number of ether oxygens (including phenoxy) is 1. The Labute approximate surface area is 91.4 Å². The molecule has 0 fully saturated rings. The Hall–Kier alpha value is -0.462. The van der Waals surface area contributed by atoms with Gasteiger partial charge in [-0.1, -0.05) is 0 Å². The second kappa shape index (κ2) is 5.43. The predicted octanol–water partition coefficient (Wildman–Crippen LogP) is 1.48. The van der Waals surface area contributed by atoms with Crippen molar-refractivity contribution < 1.29 is 4.74 Å². The van der Waals surface area contributed by atoms with Gasteiger partial charge in [0.2, 0.25) is 0 Å². The normalized spacial score (nSPS) is 12.9. The zero-order valence-corrected chi connectivity index (χ0v) is 11.2. The first-order chi connectivity index (χ1) is 6.70. The molecule has 0 aromatic heterocycles. The Kier molecular flexibility index (Phi) is 4.50. The van der Waals surface area contributed by atoms with Crippen molar-refractivity contribution in [2.75, 3.05) is 21.2 Å². The fourth-order valence-corrected chi connectivity index (χ4v) is 5.74. The summed E-state index contributed by atoms with van der Waals surface area (Å²) >= 11 is -1.06. The van der Waals surface area contributed by atoms with Crippen LogP contribution in [0.1, 0.15) is 6.92 Å². The van der Waals surface area contributed by atoms with Crippen LogP contribution in [0.5, 0.6) is 5.75 Å². The van der Waals surface area contributed by atoms with Crippen molar-refractivity contribution in [3.63, 3.8) is 0 Å². The van der Waals surface area contributed by atoms with Crippen LogP contribution in [-0.2, 0) is 0 Å². The molecule has 2 nitrogen and oxygen atoms in total. The van der Waals surface area contributed by atoms with E-state index < -0.39 is 14.9 Å². The molecule has 1 unspecified atom stereocenters. The zero-order valence-electron chi connectivity index (χ0n) is 9.32. The SMILES string of the molecule is CC[As](c1ccccc1OC)N(C)C. The molecule has 0 N–H and O–H groups in total. The fraction of sp³-hybridized carbons (Fsp3) is 0.455. The molecule has 1 rings (SSSR count). The van der Waals surface area contributed by atoms with Crippen molar-refractivity contribution in [1.29, 1.82) is 0 Å². The third-order valence-electron chi connectivity index (χ3n) is 2.15. The molecule has 0 aliphatic heterocycles. The van der Waals surface area contributed by atoms with Gasteiger partial charge in [-0.15, -0.1) is 0 Å². The van der Waals surface area contributed by atoms with Crippen LogP contribution in [-0.4, -0.2) is 39.9 Å². The second-order valence-corrected chi connectivity index (χ2v) is 8.93. The molecule has 1 aromatic carbocycles. The monoisotopic (exact) mass is 255 g/mol. The quantitative estimate of drug-likeness (QED) is 0.755. The molecule has 1 atom stereocenters. The number of hydrogen-bond donors (Lipinski definition) is 0. The minimum absolute atomic E-state index is 1.04. The van der Waals surface area contributed by atoms with Crippen LogP contribution in [0.2, 0.25) is 5.21 Å². The van der Waals surface area contributed by atoms with E-state index in [4.69, 9.17) is 4.74 Å². The van der Waals surface area contributed by atoms with Gasteiger partial charge in [0.1, 0.15) is 0 Å². The average Bonchev–Trinajstić information content (AvgIpc) is 2.19. The van der Waals surface area contributed by atoms with Gasteiger partial charge in [0.15, 0.2) is 0 Å². The molecule has 0 aliphatic rings. The molecule has 0 heterocycles. The Morgan fingerprint density at radius 3 is 2.43 bits per heavy atom. The van der Waals surface area contributed by atoms with E-state index >= 15 is 0 Å². The van der Waals surface area contributed by atoms with Crippen LogP contribution in [0, 0.1) is 0 Å². The topological polar surface area (TPSA) is 12.5 Å². The summed E-state index contributed by atoms with van der Waals surface area (Å²) < 4.78 is 9.17. The first kappa shape index (κ1) is 11.6. The first-order valence-electron chi connectivity index (χ1n) is 4.78. The molecule has 0 bridgehead atoms. The van der Waals surface area contributed by atoms with Gasteiger partial charge in [-0.05, 0) is 0 Å². The molecule has 1 aromatic rings. The maximum absolute atomic E-state index is 5.39. The summed E-state index contributed by atoms with van der Waals surface area (Å²) in [6, 6.07) is 8.37. The summed E-state index contributed by atoms with van der Waals surface area (Å²) in [7, 11) is 6.07. The first-order valence-corrected chi connectivity index (χ1v) is 7.89. The van der Waals surface area contributed by atoms with E-state index in [1.807, 2.05) is 6.07 Å². The Morgan fingerprint density at radius 1 is 1.29 bits per heavy atom. The van der Waals surface area contributed by atoms with Crippen molar-refractivity contribution in [2.45, 2.75) is 12.1 Å². The summed E-state index contributed by atoms with van der Waals surface area (Å²) in [6.07, 6.45) is 0. The summed E-state index contributed by atoms with van der Waals surface area (Å²) in [6.45, 7) is 2.26. The summed E-state index contributed by atoms with van der Waals surface area (Å²) in [5.41, 5.74) is 0. The number of rotatable bonds is 4. The average molecular weight is 255 g/mol. The maximum atomic E-state index is 5.39. The van der Waals surface area contributed by atoms with E-state index in [9.17, 15) is 0 Å². The van der Waals surface area contributed by atoms with E-state index in [-0.39, 0.29) is 0 Å². The van der Waals surface area contributed by atoms with Crippen LogP contribution in [0.4, 0.5) is 0 Å². The molecule has 0 radical (unpaired) electrons. The summed E-state index contributed by atoms with van der Waals surface area (Å²) in [4.78, 5) is 0. The van der Waals surface area contributed by atoms with Crippen LogP contribution >= 0.6 is 0 Å². The van der Waals surface area contributed by atoms with Crippen molar-refractivity contribution in [3.05, 3.63) is 24.3 Å². The minimum atomic E-state index is -1.06. The Bertz CT molecular complexity index is 288. The van der Waals surface area contributed by atoms with Gasteiger partial charge in [-0.3, -0.25) is 0 Å². The summed E-state index contributed by atoms with van der Waals surface area (Å²) in [5.74, 6) is 1.04. The van der Waals surface area contributed by atoms with Gasteiger partial charge < -0.3 is 0 Å². The molecule has 0 spiro atoms. The zero-order chi connectivity index (χ0) is 10.6. The van der Waals surface area contributed by atoms with E-state index in [0.29, 0.717) is 0 Å². The van der Waals surface area contributed by atoms with Gasteiger partial charge in [-0.25, -0.2) is 0 Å². The van der Waals surface area contributed by atoms with E-state index in [1.54, 1.807) is 7.11 Å². The van der Waals surface area contributed by atoms with Crippen molar-refractivity contribution in [3.8, 4) is 5.75 Å². The number of methoxy groups -OCH3 is 1. The van der Waals surface area contributed by atoms with Crippen LogP contribution in [0.25, 0.3) is 0 Å². The predicted molar refractivity (Wildman–Crippen MR) is 62.6 cm³/mol. The van der Waals surface area contributed by atoms with E-state index in [2.05, 4.69) is 43.0 Å². The molecule has 0 amide bonds. The third-order valence-corrected chi connectivity index (χ3v) is 7.37. The van der Waals surface area contributed by atoms with Gasteiger partial charge in [-0.2, -0.15) is 0 Å². The van der Waals surface area contributed by atoms with Gasteiger partial charge in [0, 0.05) is 0 Å². The summed E-state index contributed by atoms with van der Waals surface area (Å²) in [5, 5.41) is 1.24. The number of hydrogen-bond acceptors (Lipinski definition) is 2. The standard InChI is InChI=1S/C11H18AsNO/c1-5-12(13(2)3)10-8-6-7-9-11(10)14-4/h6-9H,5H2,1-4H3. The number of benzene rings is 1. The Balaban J connectivity index is 3.02. The van der Waals surface area contributed by atoms with Gasteiger partial charge >= 0.3 is 91.1 Å². The van der Waals surface area contributed by atoms with E-state index in [0.717, 1.165) is 5.75 Å². The molecule has 78 valence electrons. The molecular weight excluding hydrogens is 237 g/mol. The molecule has 0 aliphatic carbocycles. The molecule has 0 saturated carbocycles. The van der Waals surface area contributed by atoms with Crippen molar-refractivity contribution in [2.24, 2.45) is 0 Å². The number of para-hydroxylation sites is 1. The third kappa shape index (κ3) is 2.52. The van der Waals surface area contributed by atoms with Gasteiger partial charge in [0.25, 0.3) is 0 Å². The second-order valence-electron chi connectivity index (χ2n) is 3.23. The van der Waals surface area contributed by atoms with Crippen LogP contribution < -0.4 is 9.09 Å². The Morgan fingerprint density at radius 2 is 1.93 bits per heavy atom. The molecular formula is C11H18AsNO. The van der Waals surface area contributed by atoms with Crippen molar-refractivity contribution in [1.82, 2.24) is 3.82 Å². The molecule has 0 saturated heterocycles. The van der Waals surface area contributed by atoms with Crippen LogP contribution in [0.15, 0.2) is 24.3 Å². The van der Waals surface area contributed by atoms with Crippen molar-refractivity contribution >= 4 is 19.2 Å². The fourth-order valence-electron chi connectivity index (χ4n) is 1.51. The van der Waals surface area contributed by atoms with Crippen LogP contribution in [0.3, 0.4) is 0 Å². The number of nitrogens with zero attached hydrogens (tertiary/aromatic N) is 1. The molecule has 14 heavy (non-hydrogen) atoms.